The van der Waals surface area contributed by atoms with Crippen LogP contribution in [0.1, 0.15) is 42.5 Å². The van der Waals surface area contributed by atoms with E-state index in [9.17, 15) is 9.59 Å². The summed E-state index contributed by atoms with van der Waals surface area (Å²) in [6, 6.07) is 6.26. The fourth-order valence-corrected chi connectivity index (χ4v) is 3.58. The zero-order valence-electron chi connectivity index (χ0n) is 12.5. The van der Waals surface area contributed by atoms with Crippen molar-refractivity contribution in [2.24, 2.45) is 11.8 Å². The minimum Gasteiger partial charge on any atom is -0.469 e. The van der Waals surface area contributed by atoms with Crippen molar-refractivity contribution in [1.29, 1.82) is 0 Å². The fraction of sp³-hybridized carbons (Fsp3) is 0.529. The molecular weight excluding hydrogens is 266 g/mol. The summed E-state index contributed by atoms with van der Waals surface area (Å²) >= 11 is 0. The molecule has 0 radical (unpaired) electrons. The Hall–Kier alpha value is -1.84. The lowest BCUT2D eigenvalue weighted by Gasteiger charge is -2.40. The van der Waals surface area contributed by atoms with Gasteiger partial charge in [0.2, 0.25) is 5.91 Å². The molecule has 1 N–H and O–H groups in total. The maximum Gasteiger partial charge on any atom is 0.309 e. The van der Waals surface area contributed by atoms with Gasteiger partial charge in [0.15, 0.2) is 0 Å². The number of carbonyl (C=O) groups is 2. The number of rotatable bonds is 2. The fourth-order valence-electron chi connectivity index (χ4n) is 3.58. The van der Waals surface area contributed by atoms with Crippen LogP contribution in [-0.2, 0) is 27.2 Å². The van der Waals surface area contributed by atoms with Crippen molar-refractivity contribution in [2.45, 2.75) is 38.6 Å². The number of ether oxygens (including phenoxy) is 1. The molecule has 0 bridgehead atoms. The quantitative estimate of drug-likeness (QED) is 0.848. The van der Waals surface area contributed by atoms with Crippen molar-refractivity contribution < 1.29 is 14.3 Å². The summed E-state index contributed by atoms with van der Waals surface area (Å²) in [7, 11) is 1.40. The number of methoxy groups -OCH3 is 1. The van der Waals surface area contributed by atoms with Crippen LogP contribution in [0.3, 0.4) is 0 Å². The molecule has 1 fully saturated rings. The largest absolute Gasteiger partial charge is 0.469 e. The van der Waals surface area contributed by atoms with Crippen molar-refractivity contribution in [2.75, 3.05) is 7.11 Å². The van der Waals surface area contributed by atoms with Gasteiger partial charge in [-0.2, -0.15) is 0 Å². The van der Waals surface area contributed by atoms with Crippen LogP contribution in [0.4, 0.5) is 0 Å². The van der Waals surface area contributed by atoms with Gasteiger partial charge in [-0.1, -0.05) is 25.1 Å². The van der Waals surface area contributed by atoms with Crippen LogP contribution in [0.5, 0.6) is 0 Å². The van der Waals surface area contributed by atoms with E-state index < -0.39 is 0 Å². The molecule has 1 aliphatic heterocycles. The van der Waals surface area contributed by atoms with Gasteiger partial charge in [0.1, 0.15) is 0 Å². The number of carbonyl (C=O) groups excluding carboxylic acids is 2. The minimum absolute atomic E-state index is 0.103. The molecule has 1 heterocycles. The van der Waals surface area contributed by atoms with Crippen LogP contribution in [0.25, 0.3) is 0 Å². The lowest BCUT2D eigenvalue weighted by atomic mass is 9.73. The summed E-state index contributed by atoms with van der Waals surface area (Å²) < 4.78 is 4.73. The van der Waals surface area contributed by atoms with E-state index in [1.165, 1.54) is 18.2 Å². The zero-order chi connectivity index (χ0) is 15.0. The number of hydrogen-bond acceptors (Lipinski definition) is 3. The van der Waals surface area contributed by atoms with E-state index in [0.717, 1.165) is 24.8 Å². The highest BCUT2D eigenvalue weighted by atomic mass is 16.5. The number of esters is 1. The molecule has 1 amide bonds. The molecule has 3 rings (SSSR count). The molecule has 4 heteroatoms. The minimum atomic E-state index is -0.233. The first-order chi connectivity index (χ1) is 10.1. The Bertz CT molecular complexity index is 581. The molecular formula is C17H21NO3. The first-order valence-corrected chi connectivity index (χ1v) is 7.57. The Morgan fingerprint density at radius 3 is 3.00 bits per heavy atom. The monoisotopic (exact) mass is 287 g/mol. The van der Waals surface area contributed by atoms with E-state index >= 15 is 0 Å². The number of nitrogens with one attached hydrogen (secondary N) is 1. The first kappa shape index (κ1) is 14.1. The Morgan fingerprint density at radius 2 is 2.24 bits per heavy atom. The van der Waals surface area contributed by atoms with Gasteiger partial charge in [0.25, 0.3) is 0 Å². The maximum absolute atomic E-state index is 12.0. The predicted molar refractivity (Wildman–Crippen MR) is 78.6 cm³/mol. The van der Waals surface area contributed by atoms with Crippen LogP contribution in [0, 0.1) is 11.8 Å². The standard InChI is InChI=1S/C17H21NO3/c1-10-7-13-6-5-12-4-3-11(9-15(19)21-2)8-14(12)16(13)18-17(10)20/h3-4,8,10,13,16H,5-7,9H2,1-2H3,(H,18,20)/t10-,13+,16-/m0/s1. The topological polar surface area (TPSA) is 55.4 Å². The van der Waals surface area contributed by atoms with E-state index in [-0.39, 0.29) is 30.3 Å². The molecule has 21 heavy (non-hydrogen) atoms. The molecule has 4 nitrogen and oxygen atoms in total. The molecule has 1 saturated heterocycles. The Kier molecular flexibility index (Phi) is 3.70. The number of hydrogen-bond donors (Lipinski definition) is 1. The third kappa shape index (κ3) is 2.67. The average molecular weight is 287 g/mol. The average Bonchev–Trinajstić information content (AvgIpc) is 2.48. The van der Waals surface area contributed by atoms with Crippen molar-refractivity contribution in [1.82, 2.24) is 5.32 Å². The van der Waals surface area contributed by atoms with E-state index in [0.29, 0.717) is 5.92 Å². The van der Waals surface area contributed by atoms with Crippen LogP contribution >= 0.6 is 0 Å². The van der Waals surface area contributed by atoms with Crippen molar-refractivity contribution in [3.05, 3.63) is 34.9 Å². The Labute approximate surface area is 124 Å². The highest BCUT2D eigenvalue weighted by Crippen LogP contribution is 2.41. The molecule has 0 unspecified atom stereocenters. The molecule has 1 aromatic rings. The van der Waals surface area contributed by atoms with Crippen LogP contribution < -0.4 is 5.32 Å². The first-order valence-electron chi connectivity index (χ1n) is 7.57. The van der Waals surface area contributed by atoms with Crippen molar-refractivity contribution in [3.8, 4) is 0 Å². The van der Waals surface area contributed by atoms with Gasteiger partial charge in [0.05, 0.1) is 19.6 Å². The lowest BCUT2D eigenvalue weighted by molar-refractivity contribution is -0.139. The van der Waals surface area contributed by atoms with Crippen LogP contribution in [0.2, 0.25) is 0 Å². The third-order valence-electron chi connectivity index (χ3n) is 4.78. The molecule has 0 aromatic heterocycles. The summed E-state index contributed by atoms with van der Waals surface area (Å²) in [5.41, 5.74) is 3.43. The molecule has 112 valence electrons. The number of benzene rings is 1. The molecule has 1 aliphatic carbocycles. The number of fused-ring (bicyclic) bond motifs is 3. The number of piperidine rings is 1. The van der Waals surface area contributed by atoms with Crippen molar-refractivity contribution in [3.63, 3.8) is 0 Å². The lowest BCUT2D eigenvalue weighted by Crippen LogP contribution is -2.45. The van der Waals surface area contributed by atoms with Gasteiger partial charge in [0, 0.05) is 5.92 Å². The number of amides is 1. The number of aryl methyl sites for hydroxylation is 1. The molecule has 2 aliphatic rings. The maximum atomic E-state index is 12.0. The Balaban J connectivity index is 1.89. The molecule has 0 spiro atoms. The van der Waals surface area contributed by atoms with Gasteiger partial charge in [-0.25, -0.2) is 0 Å². The molecule has 1 aromatic carbocycles. The SMILES string of the molecule is COC(=O)Cc1ccc2c(c1)[C@H]1NC(=O)[C@@H](C)C[C@H]1CC2. The summed E-state index contributed by atoms with van der Waals surface area (Å²) in [6.07, 6.45) is 3.42. The normalized spacial score (nSPS) is 27.3. The van der Waals surface area contributed by atoms with Crippen LogP contribution in [0.15, 0.2) is 18.2 Å². The van der Waals surface area contributed by atoms with Gasteiger partial charge >= 0.3 is 5.97 Å². The third-order valence-corrected chi connectivity index (χ3v) is 4.78. The predicted octanol–water partition coefficient (Wildman–Crippen LogP) is 2.16. The van der Waals surface area contributed by atoms with Crippen molar-refractivity contribution >= 4 is 11.9 Å². The second-order valence-corrected chi connectivity index (χ2v) is 6.21. The smallest absolute Gasteiger partial charge is 0.309 e. The van der Waals surface area contributed by atoms with Gasteiger partial charge in [-0.05, 0) is 41.9 Å². The molecule has 0 saturated carbocycles. The van der Waals surface area contributed by atoms with Gasteiger partial charge in [-0.15, -0.1) is 0 Å². The second-order valence-electron chi connectivity index (χ2n) is 6.21. The summed E-state index contributed by atoms with van der Waals surface area (Å²) in [4.78, 5) is 23.4. The van der Waals surface area contributed by atoms with Crippen LogP contribution in [-0.4, -0.2) is 19.0 Å². The summed E-state index contributed by atoms with van der Waals surface area (Å²) in [5, 5.41) is 3.16. The van der Waals surface area contributed by atoms with E-state index in [2.05, 4.69) is 17.4 Å². The molecule has 3 atom stereocenters. The highest BCUT2D eigenvalue weighted by Gasteiger charge is 2.37. The zero-order valence-corrected chi connectivity index (χ0v) is 12.5. The highest BCUT2D eigenvalue weighted by molar-refractivity contribution is 5.80. The van der Waals surface area contributed by atoms with Gasteiger partial charge < -0.3 is 10.1 Å². The second kappa shape index (κ2) is 5.51. The van der Waals surface area contributed by atoms with E-state index in [1.807, 2.05) is 13.0 Å². The summed E-state index contributed by atoms with van der Waals surface area (Å²) in [5.74, 6) is 0.524. The van der Waals surface area contributed by atoms with Gasteiger partial charge in [-0.3, -0.25) is 9.59 Å². The summed E-state index contributed by atoms with van der Waals surface area (Å²) in [6.45, 7) is 1.99. The van der Waals surface area contributed by atoms with E-state index in [4.69, 9.17) is 4.74 Å². The van der Waals surface area contributed by atoms with E-state index in [1.54, 1.807) is 0 Å². The Morgan fingerprint density at radius 1 is 1.43 bits per heavy atom.